The second kappa shape index (κ2) is 10.2. The summed E-state index contributed by atoms with van der Waals surface area (Å²) in [5.74, 6) is -0.858. The molecule has 2 aromatic rings. The highest BCUT2D eigenvalue weighted by Crippen LogP contribution is 2.11. The third-order valence-electron chi connectivity index (χ3n) is 4.24. The molecule has 0 aliphatic rings. The summed E-state index contributed by atoms with van der Waals surface area (Å²) in [4.78, 5) is 37.5. The Bertz CT molecular complexity index is 817. The van der Waals surface area contributed by atoms with Gasteiger partial charge in [0.1, 0.15) is 0 Å². The highest BCUT2D eigenvalue weighted by Gasteiger charge is 2.15. The predicted octanol–water partition coefficient (Wildman–Crippen LogP) is 2.42. The fraction of sp³-hybridized carbons (Fsp3) is 0.286. The van der Waals surface area contributed by atoms with Gasteiger partial charge in [0.25, 0.3) is 5.91 Å². The van der Waals surface area contributed by atoms with Crippen LogP contribution in [0.15, 0.2) is 48.5 Å². The number of hydrogen-bond acceptors (Lipinski definition) is 4. The van der Waals surface area contributed by atoms with E-state index in [0.29, 0.717) is 36.5 Å². The molecule has 7 nitrogen and oxygen atoms in total. The second-order valence-corrected chi connectivity index (χ2v) is 6.25. The van der Waals surface area contributed by atoms with Crippen LogP contribution < -0.4 is 11.1 Å². The van der Waals surface area contributed by atoms with Gasteiger partial charge >= 0.3 is 0 Å². The Morgan fingerprint density at radius 1 is 1.00 bits per heavy atom. The van der Waals surface area contributed by atoms with Crippen LogP contribution in [0.3, 0.4) is 0 Å². The number of ether oxygens (including phenoxy) is 1. The van der Waals surface area contributed by atoms with E-state index in [-0.39, 0.29) is 18.2 Å². The lowest BCUT2D eigenvalue weighted by atomic mass is 10.1. The number of nitrogens with zero attached hydrogens (tertiary/aromatic N) is 1. The quantitative estimate of drug-likeness (QED) is 0.694. The largest absolute Gasteiger partial charge is 0.380 e. The standard InChI is InChI=1S/C21H25N3O4/c1-3-24(21(27)17-6-4-15(5-7-17)14-28-2)13-12-19(25)23-18-10-8-16(9-11-18)20(22)26/h4-11H,3,12-14H2,1-2H3,(H2,22,26)(H,23,25). The van der Waals surface area contributed by atoms with Crippen molar-refractivity contribution in [2.24, 2.45) is 5.73 Å². The van der Waals surface area contributed by atoms with Gasteiger partial charge in [0.2, 0.25) is 11.8 Å². The van der Waals surface area contributed by atoms with Crippen LogP contribution in [0.25, 0.3) is 0 Å². The number of rotatable bonds is 9. The minimum absolute atomic E-state index is 0.120. The number of benzene rings is 2. The third-order valence-corrected chi connectivity index (χ3v) is 4.24. The van der Waals surface area contributed by atoms with Gasteiger partial charge in [0.05, 0.1) is 6.61 Å². The van der Waals surface area contributed by atoms with Crippen LogP contribution in [0, 0.1) is 0 Å². The number of amides is 3. The summed E-state index contributed by atoms with van der Waals surface area (Å²) in [6.07, 6.45) is 0.166. The molecule has 0 fully saturated rings. The minimum Gasteiger partial charge on any atom is -0.380 e. The van der Waals surface area contributed by atoms with Crippen molar-refractivity contribution < 1.29 is 19.1 Å². The van der Waals surface area contributed by atoms with E-state index < -0.39 is 5.91 Å². The molecule has 0 saturated heterocycles. The summed E-state index contributed by atoms with van der Waals surface area (Å²) >= 11 is 0. The van der Waals surface area contributed by atoms with Crippen LogP contribution in [0.4, 0.5) is 5.69 Å². The van der Waals surface area contributed by atoms with E-state index in [1.54, 1.807) is 48.4 Å². The Hall–Kier alpha value is -3.19. The highest BCUT2D eigenvalue weighted by atomic mass is 16.5. The summed E-state index contributed by atoms with van der Waals surface area (Å²) in [5.41, 5.74) is 7.69. The van der Waals surface area contributed by atoms with Gasteiger partial charge in [-0.05, 0) is 48.9 Å². The first-order chi connectivity index (χ1) is 13.4. The van der Waals surface area contributed by atoms with Crippen molar-refractivity contribution in [2.45, 2.75) is 20.0 Å². The first kappa shape index (κ1) is 21.1. The fourth-order valence-corrected chi connectivity index (χ4v) is 2.67. The average molecular weight is 383 g/mol. The molecule has 0 aliphatic carbocycles. The summed E-state index contributed by atoms with van der Waals surface area (Å²) in [7, 11) is 1.62. The van der Waals surface area contributed by atoms with E-state index in [1.807, 2.05) is 19.1 Å². The fourth-order valence-electron chi connectivity index (χ4n) is 2.67. The average Bonchev–Trinajstić information content (AvgIpc) is 2.69. The van der Waals surface area contributed by atoms with Gasteiger partial charge in [-0.1, -0.05) is 12.1 Å². The SMILES string of the molecule is CCN(CCC(=O)Nc1ccc(C(N)=O)cc1)C(=O)c1ccc(COC)cc1. The zero-order chi connectivity index (χ0) is 20.5. The molecule has 0 unspecified atom stereocenters. The lowest BCUT2D eigenvalue weighted by Crippen LogP contribution is -2.33. The number of carbonyl (C=O) groups is 3. The number of nitrogens with two attached hydrogens (primary N) is 1. The van der Waals surface area contributed by atoms with Crippen LogP contribution in [-0.2, 0) is 16.1 Å². The molecule has 0 radical (unpaired) electrons. The molecule has 0 saturated carbocycles. The first-order valence-electron chi connectivity index (χ1n) is 9.01. The van der Waals surface area contributed by atoms with E-state index in [0.717, 1.165) is 5.56 Å². The summed E-state index contributed by atoms with van der Waals surface area (Å²) in [6, 6.07) is 13.6. The predicted molar refractivity (Wildman–Crippen MR) is 107 cm³/mol. The Labute approximate surface area is 164 Å². The zero-order valence-electron chi connectivity index (χ0n) is 16.1. The lowest BCUT2D eigenvalue weighted by Gasteiger charge is -2.21. The molecule has 28 heavy (non-hydrogen) atoms. The zero-order valence-corrected chi connectivity index (χ0v) is 16.1. The van der Waals surface area contributed by atoms with Crippen LogP contribution in [0.2, 0.25) is 0 Å². The molecular weight excluding hydrogens is 358 g/mol. The molecule has 3 amide bonds. The number of anilines is 1. The Morgan fingerprint density at radius 3 is 2.14 bits per heavy atom. The normalized spacial score (nSPS) is 10.4. The molecule has 148 valence electrons. The number of hydrogen-bond donors (Lipinski definition) is 2. The Balaban J connectivity index is 1.90. The van der Waals surface area contributed by atoms with Gasteiger partial charge in [-0.15, -0.1) is 0 Å². The maximum Gasteiger partial charge on any atom is 0.253 e. The molecule has 0 bridgehead atoms. The number of nitrogens with one attached hydrogen (secondary N) is 1. The van der Waals surface area contributed by atoms with Crippen LogP contribution >= 0.6 is 0 Å². The first-order valence-corrected chi connectivity index (χ1v) is 9.01. The molecule has 3 N–H and O–H groups in total. The molecule has 0 aliphatic heterocycles. The maximum absolute atomic E-state index is 12.6. The van der Waals surface area contributed by atoms with E-state index in [2.05, 4.69) is 5.32 Å². The molecule has 0 aromatic heterocycles. The van der Waals surface area contributed by atoms with E-state index >= 15 is 0 Å². The minimum atomic E-state index is -0.523. The topological polar surface area (TPSA) is 102 Å². The maximum atomic E-state index is 12.6. The summed E-state index contributed by atoms with van der Waals surface area (Å²) in [5, 5.41) is 2.74. The van der Waals surface area contributed by atoms with Crippen molar-refractivity contribution >= 4 is 23.4 Å². The lowest BCUT2D eigenvalue weighted by molar-refractivity contribution is -0.116. The van der Waals surface area contributed by atoms with Gasteiger partial charge in [-0.3, -0.25) is 14.4 Å². The van der Waals surface area contributed by atoms with E-state index in [9.17, 15) is 14.4 Å². The monoisotopic (exact) mass is 383 g/mol. The van der Waals surface area contributed by atoms with Crippen LogP contribution in [0.5, 0.6) is 0 Å². The van der Waals surface area contributed by atoms with Gasteiger partial charge < -0.3 is 20.7 Å². The molecular formula is C21H25N3O4. The molecule has 7 heteroatoms. The molecule has 0 atom stereocenters. The van der Waals surface area contributed by atoms with E-state index in [4.69, 9.17) is 10.5 Å². The second-order valence-electron chi connectivity index (χ2n) is 6.25. The summed E-state index contributed by atoms with van der Waals surface area (Å²) < 4.78 is 5.07. The van der Waals surface area contributed by atoms with Crippen molar-refractivity contribution in [3.05, 3.63) is 65.2 Å². The molecule has 0 heterocycles. The van der Waals surface area contributed by atoms with Crippen LogP contribution in [-0.4, -0.2) is 42.8 Å². The summed E-state index contributed by atoms with van der Waals surface area (Å²) in [6.45, 7) is 3.17. The molecule has 0 spiro atoms. The van der Waals surface area contributed by atoms with E-state index in [1.165, 1.54) is 0 Å². The van der Waals surface area contributed by atoms with Crippen molar-refractivity contribution in [1.82, 2.24) is 4.90 Å². The van der Waals surface area contributed by atoms with Crippen molar-refractivity contribution in [2.75, 3.05) is 25.5 Å². The highest BCUT2D eigenvalue weighted by molar-refractivity contribution is 5.96. The number of methoxy groups -OCH3 is 1. The Morgan fingerprint density at radius 2 is 1.61 bits per heavy atom. The Kier molecular flexibility index (Phi) is 7.71. The third kappa shape index (κ3) is 5.92. The molecule has 2 aromatic carbocycles. The van der Waals surface area contributed by atoms with Crippen LogP contribution in [0.1, 0.15) is 39.6 Å². The smallest absolute Gasteiger partial charge is 0.253 e. The van der Waals surface area contributed by atoms with Gasteiger partial charge in [-0.25, -0.2) is 0 Å². The number of carbonyl (C=O) groups excluding carboxylic acids is 3. The van der Waals surface area contributed by atoms with Crippen molar-refractivity contribution in [1.29, 1.82) is 0 Å². The molecule has 2 rings (SSSR count). The van der Waals surface area contributed by atoms with Gasteiger partial charge in [-0.2, -0.15) is 0 Å². The van der Waals surface area contributed by atoms with Crippen molar-refractivity contribution in [3.63, 3.8) is 0 Å². The van der Waals surface area contributed by atoms with Gasteiger partial charge in [0, 0.05) is 43.4 Å². The van der Waals surface area contributed by atoms with Gasteiger partial charge in [0.15, 0.2) is 0 Å². The number of primary amides is 1. The van der Waals surface area contributed by atoms with Crippen molar-refractivity contribution in [3.8, 4) is 0 Å².